The van der Waals surface area contributed by atoms with E-state index in [2.05, 4.69) is 51.2 Å². The molecule has 0 fully saturated rings. The Morgan fingerprint density at radius 1 is 1.09 bits per heavy atom. The molecule has 2 nitrogen and oxygen atoms in total. The minimum absolute atomic E-state index is 0.0542. The van der Waals surface area contributed by atoms with Crippen LogP contribution in [0.5, 0.6) is 0 Å². The molecule has 0 saturated heterocycles. The molecular weight excluding hydrogens is 270 g/mol. The van der Waals surface area contributed by atoms with E-state index in [-0.39, 0.29) is 5.91 Å². The van der Waals surface area contributed by atoms with E-state index in [1.807, 2.05) is 20.8 Å². The first-order valence-electron chi connectivity index (χ1n) is 7.91. The molecule has 22 heavy (non-hydrogen) atoms. The fraction of sp³-hybridized carbons (Fsp3) is 0.450. The van der Waals surface area contributed by atoms with E-state index < -0.39 is 5.41 Å². The Bertz CT molecular complexity index is 684. The highest BCUT2D eigenvalue weighted by molar-refractivity contribution is 6.00. The molecule has 0 radical (unpaired) electrons. The summed E-state index contributed by atoms with van der Waals surface area (Å²) in [6, 6.07) is 4.32. The van der Waals surface area contributed by atoms with Crippen LogP contribution in [0.15, 0.2) is 29.4 Å². The van der Waals surface area contributed by atoms with Crippen molar-refractivity contribution in [3.63, 3.8) is 0 Å². The predicted molar refractivity (Wildman–Crippen MR) is 95.0 cm³/mol. The predicted octanol–water partition coefficient (Wildman–Crippen LogP) is 5.41. The molecule has 1 N–H and O–H groups in total. The van der Waals surface area contributed by atoms with Gasteiger partial charge in [0, 0.05) is 11.0 Å². The molecular formula is C20H27NO. The van der Waals surface area contributed by atoms with Crippen LogP contribution in [0.1, 0.15) is 57.7 Å². The lowest BCUT2D eigenvalue weighted by Crippen LogP contribution is -2.28. The standard InChI is InChI=1S/C20H27NO/c1-12-10-15(4)18(21-19(22)20(5,6)7)16(11-12)17-13(2)8-9-14(17)3/h8,10-11H,9H2,1-7H3,(H,21,22). The Balaban J connectivity index is 2.57. The second-order valence-electron chi connectivity index (χ2n) is 7.46. The maximum absolute atomic E-state index is 12.5. The number of benzene rings is 1. The zero-order valence-corrected chi connectivity index (χ0v) is 14.8. The van der Waals surface area contributed by atoms with Crippen LogP contribution < -0.4 is 5.32 Å². The molecule has 2 heteroatoms. The van der Waals surface area contributed by atoms with Gasteiger partial charge in [0.1, 0.15) is 0 Å². The van der Waals surface area contributed by atoms with Crippen LogP contribution in [0.3, 0.4) is 0 Å². The van der Waals surface area contributed by atoms with Gasteiger partial charge in [0.05, 0.1) is 5.69 Å². The third-order valence-electron chi connectivity index (χ3n) is 4.20. The maximum Gasteiger partial charge on any atom is 0.229 e. The van der Waals surface area contributed by atoms with Crippen LogP contribution in [-0.4, -0.2) is 5.91 Å². The summed E-state index contributed by atoms with van der Waals surface area (Å²) in [7, 11) is 0. The van der Waals surface area contributed by atoms with Crippen molar-refractivity contribution in [2.75, 3.05) is 5.32 Å². The molecule has 0 saturated carbocycles. The zero-order valence-electron chi connectivity index (χ0n) is 14.8. The van der Waals surface area contributed by atoms with Crippen LogP contribution >= 0.6 is 0 Å². The van der Waals surface area contributed by atoms with Crippen molar-refractivity contribution in [3.05, 3.63) is 46.0 Å². The lowest BCUT2D eigenvalue weighted by molar-refractivity contribution is -0.123. The van der Waals surface area contributed by atoms with Crippen molar-refractivity contribution in [1.82, 2.24) is 0 Å². The Morgan fingerprint density at radius 3 is 2.23 bits per heavy atom. The number of carbonyl (C=O) groups is 1. The van der Waals surface area contributed by atoms with Crippen molar-refractivity contribution in [3.8, 4) is 0 Å². The van der Waals surface area contributed by atoms with Crippen LogP contribution in [-0.2, 0) is 4.79 Å². The SMILES string of the molecule is CC1=CCC(C)=C1c1cc(C)cc(C)c1NC(=O)C(C)(C)C. The molecule has 1 amide bonds. The number of amides is 1. The van der Waals surface area contributed by atoms with E-state index in [9.17, 15) is 4.79 Å². The van der Waals surface area contributed by atoms with E-state index >= 15 is 0 Å². The fourth-order valence-corrected chi connectivity index (χ4v) is 2.92. The molecule has 0 heterocycles. The minimum Gasteiger partial charge on any atom is -0.325 e. The molecule has 1 aromatic rings. The first kappa shape index (κ1) is 16.5. The van der Waals surface area contributed by atoms with E-state index in [1.54, 1.807) is 0 Å². The van der Waals surface area contributed by atoms with E-state index in [4.69, 9.17) is 0 Å². The summed E-state index contributed by atoms with van der Waals surface area (Å²) < 4.78 is 0. The number of hydrogen-bond donors (Lipinski definition) is 1. The van der Waals surface area contributed by atoms with Gasteiger partial charge in [-0.1, -0.05) is 44.1 Å². The van der Waals surface area contributed by atoms with E-state index in [0.717, 1.165) is 23.2 Å². The Kier molecular flexibility index (Phi) is 4.32. The van der Waals surface area contributed by atoms with Gasteiger partial charge in [-0.25, -0.2) is 0 Å². The van der Waals surface area contributed by atoms with Crippen LogP contribution in [0.4, 0.5) is 5.69 Å². The maximum atomic E-state index is 12.5. The lowest BCUT2D eigenvalue weighted by atomic mass is 9.91. The molecule has 0 spiro atoms. The summed E-state index contributed by atoms with van der Waals surface area (Å²) in [6.07, 6.45) is 3.26. The summed E-state index contributed by atoms with van der Waals surface area (Å²) in [5, 5.41) is 3.16. The topological polar surface area (TPSA) is 29.1 Å². The molecule has 0 aromatic heterocycles. The highest BCUT2D eigenvalue weighted by Crippen LogP contribution is 2.39. The summed E-state index contributed by atoms with van der Waals surface area (Å²) >= 11 is 0. The number of allylic oxidation sites excluding steroid dienone is 4. The molecule has 1 aliphatic rings. The lowest BCUT2D eigenvalue weighted by Gasteiger charge is -2.22. The Labute approximate surface area is 134 Å². The fourth-order valence-electron chi connectivity index (χ4n) is 2.92. The molecule has 118 valence electrons. The van der Waals surface area contributed by atoms with Crippen molar-refractivity contribution >= 4 is 17.2 Å². The number of anilines is 1. The summed E-state index contributed by atoms with van der Waals surface area (Å²) in [5.41, 5.74) is 8.00. The number of carbonyl (C=O) groups excluding carboxylic acids is 1. The molecule has 1 aromatic carbocycles. The van der Waals surface area contributed by atoms with Gasteiger partial charge in [-0.3, -0.25) is 4.79 Å². The van der Waals surface area contributed by atoms with Crippen molar-refractivity contribution in [2.45, 2.75) is 54.9 Å². The quantitative estimate of drug-likeness (QED) is 0.776. The first-order chi connectivity index (χ1) is 10.1. The summed E-state index contributed by atoms with van der Waals surface area (Å²) in [4.78, 5) is 12.5. The average molecular weight is 297 g/mol. The van der Waals surface area contributed by atoms with Crippen LogP contribution in [0, 0.1) is 19.3 Å². The third-order valence-corrected chi connectivity index (χ3v) is 4.20. The summed E-state index contributed by atoms with van der Waals surface area (Å²) in [6.45, 7) is 14.3. The number of nitrogens with one attached hydrogen (secondary N) is 1. The van der Waals surface area contributed by atoms with Crippen molar-refractivity contribution < 1.29 is 4.79 Å². The van der Waals surface area contributed by atoms with E-state index in [0.29, 0.717) is 0 Å². The molecule has 0 atom stereocenters. The molecule has 0 unspecified atom stereocenters. The largest absolute Gasteiger partial charge is 0.325 e. The van der Waals surface area contributed by atoms with Crippen molar-refractivity contribution in [1.29, 1.82) is 0 Å². The second kappa shape index (κ2) is 5.75. The van der Waals surface area contributed by atoms with Gasteiger partial charge in [-0.2, -0.15) is 0 Å². The van der Waals surface area contributed by atoms with Gasteiger partial charge < -0.3 is 5.32 Å². The van der Waals surface area contributed by atoms with Gasteiger partial charge in [0.25, 0.3) is 0 Å². The number of rotatable bonds is 2. The number of aryl methyl sites for hydroxylation is 2. The van der Waals surface area contributed by atoms with E-state index in [1.165, 1.54) is 22.3 Å². The monoisotopic (exact) mass is 297 g/mol. The van der Waals surface area contributed by atoms with Gasteiger partial charge in [-0.15, -0.1) is 0 Å². The van der Waals surface area contributed by atoms with Gasteiger partial charge >= 0.3 is 0 Å². The van der Waals surface area contributed by atoms with Crippen molar-refractivity contribution in [2.24, 2.45) is 5.41 Å². The highest BCUT2D eigenvalue weighted by atomic mass is 16.2. The zero-order chi connectivity index (χ0) is 16.7. The minimum atomic E-state index is -0.404. The second-order valence-corrected chi connectivity index (χ2v) is 7.46. The third kappa shape index (κ3) is 3.16. The molecule has 1 aliphatic carbocycles. The van der Waals surface area contributed by atoms with Crippen LogP contribution in [0.25, 0.3) is 5.57 Å². The molecule has 2 rings (SSSR count). The highest BCUT2D eigenvalue weighted by Gasteiger charge is 2.25. The van der Waals surface area contributed by atoms with Gasteiger partial charge in [0.15, 0.2) is 0 Å². The van der Waals surface area contributed by atoms with Gasteiger partial charge in [-0.05, 0) is 56.9 Å². The Hall–Kier alpha value is -1.83. The van der Waals surface area contributed by atoms with Crippen LogP contribution in [0.2, 0.25) is 0 Å². The smallest absolute Gasteiger partial charge is 0.229 e. The first-order valence-corrected chi connectivity index (χ1v) is 7.91. The molecule has 0 aliphatic heterocycles. The number of hydrogen-bond acceptors (Lipinski definition) is 1. The van der Waals surface area contributed by atoms with Gasteiger partial charge in [0.2, 0.25) is 5.91 Å². The normalized spacial score (nSPS) is 15.1. The summed E-state index contributed by atoms with van der Waals surface area (Å²) in [5.74, 6) is 0.0542. The Morgan fingerprint density at radius 2 is 1.73 bits per heavy atom. The average Bonchev–Trinajstić information content (AvgIpc) is 2.70. The molecule has 0 bridgehead atoms.